The van der Waals surface area contributed by atoms with Gasteiger partial charge in [-0.1, -0.05) is 0 Å². The first-order valence-corrected chi connectivity index (χ1v) is 10.5. The zero-order chi connectivity index (χ0) is 22.1. The average Bonchev–Trinajstić information content (AvgIpc) is 3.04. The van der Waals surface area contributed by atoms with E-state index >= 15 is 0 Å². The van der Waals surface area contributed by atoms with E-state index in [1.165, 1.54) is 0 Å². The Morgan fingerprint density at radius 3 is 2.61 bits per heavy atom. The molecule has 8 heteroatoms. The summed E-state index contributed by atoms with van der Waals surface area (Å²) in [5, 5.41) is 11.7. The van der Waals surface area contributed by atoms with E-state index in [2.05, 4.69) is 26.2 Å². The van der Waals surface area contributed by atoms with Crippen molar-refractivity contribution >= 4 is 23.4 Å². The fraction of sp³-hybridized carbons (Fsp3) is 0.391. The molecule has 1 saturated heterocycles. The van der Waals surface area contributed by atoms with Crippen LogP contribution in [-0.4, -0.2) is 61.1 Å². The Kier molecular flexibility index (Phi) is 7.96. The highest BCUT2D eigenvalue weighted by Gasteiger charge is 2.17. The third kappa shape index (κ3) is 6.52. The Morgan fingerprint density at radius 2 is 1.94 bits per heavy atom. The first-order valence-electron chi connectivity index (χ1n) is 10.5. The minimum atomic E-state index is -0.358. The molecule has 162 valence electrons. The lowest BCUT2D eigenvalue weighted by Crippen LogP contribution is -2.33. The first-order chi connectivity index (χ1) is 15.1. The molecule has 1 aromatic heterocycles. The van der Waals surface area contributed by atoms with E-state index in [4.69, 9.17) is 10.00 Å². The molecule has 2 aromatic rings. The van der Waals surface area contributed by atoms with Gasteiger partial charge in [-0.25, -0.2) is 9.78 Å². The number of aromatic nitrogens is 1. The number of carbonyl (C=O) groups excluding carboxylic acids is 2. The summed E-state index contributed by atoms with van der Waals surface area (Å²) in [5.41, 5.74) is 1.72. The number of carbonyl (C=O) groups is 2. The average molecular weight is 422 g/mol. The van der Waals surface area contributed by atoms with Crippen molar-refractivity contribution < 1.29 is 14.3 Å². The standard InChI is InChI=1S/C23H27N5O3/c1-2-31-23(30)19-6-9-21(25-17-19)28-12-3-11-27(14-15-28)13-10-22(29)26-20-7-4-18(16-24)5-8-20/h4-9,17H,2-3,10-15H2,1H3,(H,26,29). The highest BCUT2D eigenvalue weighted by atomic mass is 16.5. The molecule has 1 amide bonds. The number of hydrogen-bond acceptors (Lipinski definition) is 7. The maximum Gasteiger partial charge on any atom is 0.339 e. The number of hydrogen-bond donors (Lipinski definition) is 1. The summed E-state index contributed by atoms with van der Waals surface area (Å²) in [5.74, 6) is 0.443. The largest absolute Gasteiger partial charge is 0.462 e. The molecule has 8 nitrogen and oxygen atoms in total. The van der Waals surface area contributed by atoms with E-state index in [1.807, 2.05) is 6.07 Å². The van der Waals surface area contributed by atoms with Crippen LogP contribution in [0.15, 0.2) is 42.6 Å². The predicted molar refractivity (Wildman–Crippen MR) is 118 cm³/mol. The van der Waals surface area contributed by atoms with Crippen LogP contribution < -0.4 is 10.2 Å². The van der Waals surface area contributed by atoms with Gasteiger partial charge >= 0.3 is 5.97 Å². The number of ether oxygens (including phenoxy) is 1. The quantitative estimate of drug-likeness (QED) is 0.686. The van der Waals surface area contributed by atoms with Crippen LogP contribution in [0.1, 0.15) is 35.7 Å². The number of anilines is 2. The second-order valence-electron chi connectivity index (χ2n) is 7.30. The molecule has 31 heavy (non-hydrogen) atoms. The number of esters is 1. The van der Waals surface area contributed by atoms with E-state index in [9.17, 15) is 9.59 Å². The highest BCUT2D eigenvalue weighted by molar-refractivity contribution is 5.91. The molecule has 1 aliphatic heterocycles. The minimum Gasteiger partial charge on any atom is -0.462 e. The second kappa shape index (κ2) is 11.1. The van der Waals surface area contributed by atoms with Crippen molar-refractivity contribution in [2.45, 2.75) is 19.8 Å². The van der Waals surface area contributed by atoms with Crippen LogP contribution in [-0.2, 0) is 9.53 Å². The molecule has 0 spiro atoms. The summed E-state index contributed by atoms with van der Waals surface area (Å²) in [4.78, 5) is 32.9. The zero-order valence-corrected chi connectivity index (χ0v) is 17.7. The number of pyridine rings is 1. The molecule has 0 radical (unpaired) electrons. The topological polar surface area (TPSA) is 98.6 Å². The van der Waals surface area contributed by atoms with Crippen molar-refractivity contribution in [2.75, 3.05) is 49.5 Å². The lowest BCUT2D eigenvalue weighted by molar-refractivity contribution is -0.116. The van der Waals surface area contributed by atoms with Gasteiger partial charge < -0.3 is 19.9 Å². The number of rotatable bonds is 7. The van der Waals surface area contributed by atoms with Gasteiger partial charge in [-0.2, -0.15) is 5.26 Å². The Hall–Kier alpha value is -3.44. The van der Waals surface area contributed by atoms with Gasteiger partial charge in [0.25, 0.3) is 0 Å². The first kappa shape index (κ1) is 22.2. The van der Waals surface area contributed by atoms with Gasteiger partial charge in [-0.3, -0.25) is 4.79 Å². The van der Waals surface area contributed by atoms with Crippen LogP contribution in [0.4, 0.5) is 11.5 Å². The van der Waals surface area contributed by atoms with E-state index in [0.29, 0.717) is 36.4 Å². The summed E-state index contributed by atoms with van der Waals surface area (Å²) in [6.07, 6.45) is 2.94. The van der Waals surface area contributed by atoms with Crippen molar-refractivity contribution in [3.8, 4) is 6.07 Å². The molecule has 0 saturated carbocycles. The fourth-order valence-electron chi connectivity index (χ4n) is 3.44. The van der Waals surface area contributed by atoms with E-state index in [0.717, 1.165) is 38.4 Å². The van der Waals surface area contributed by atoms with Gasteiger partial charge in [0, 0.05) is 44.5 Å². The van der Waals surface area contributed by atoms with Crippen LogP contribution in [0, 0.1) is 11.3 Å². The van der Waals surface area contributed by atoms with Gasteiger partial charge in [0.2, 0.25) is 5.91 Å². The summed E-state index contributed by atoms with van der Waals surface area (Å²) in [6.45, 7) is 6.24. The summed E-state index contributed by atoms with van der Waals surface area (Å²) in [6, 6.07) is 12.5. The van der Waals surface area contributed by atoms with Crippen LogP contribution in [0.3, 0.4) is 0 Å². The van der Waals surface area contributed by atoms with Crippen molar-refractivity contribution in [1.82, 2.24) is 9.88 Å². The lowest BCUT2D eigenvalue weighted by atomic mass is 10.2. The van der Waals surface area contributed by atoms with Crippen molar-refractivity contribution in [2.24, 2.45) is 0 Å². The Labute approximate surface area is 182 Å². The lowest BCUT2D eigenvalue weighted by Gasteiger charge is -2.22. The zero-order valence-electron chi connectivity index (χ0n) is 17.7. The van der Waals surface area contributed by atoms with Crippen LogP contribution in [0.25, 0.3) is 0 Å². The fourth-order valence-corrected chi connectivity index (χ4v) is 3.44. The van der Waals surface area contributed by atoms with E-state index in [1.54, 1.807) is 43.5 Å². The van der Waals surface area contributed by atoms with E-state index < -0.39 is 0 Å². The molecule has 2 heterocycles. The smallest absolute Gasteiger partial charge is 0.339 e. The Morgan fingerprint density at radius 1 is 1.13 bits per heavy atom. The highest BCUT2D eigenvalue weighted by Crippen LogP contribution is 2.15. The van der Waals surface area contributed by atoms with Gasteiger partial charge in [0.15, 0.2) is 0 Å². The number of amides is 1. The molecule has 1 aromatic carbocycles. The summed E-state index contributed by atoms with van der Waals surface area (Å²) < 4.78 is 5.00. The van der Waals surface area contributed by atoms with Gasteiger partial charge in [-0.05, 0) is 56.3 Å². The van der Waals surface area contributed by atoms with E-state index in [-0.39, 0.29) is 11.9 Å². The predicted octanol–water partition coefficient (Wildman–Crippen LogP) is 2.67. The molecule has 1 N–H and O–H groups in total. The van der Waals surface area contributed by atoms with Crippen molar-refractivity contribution in [3.05, 3.63) is 53.7 Å². The SMILES string of the molecule is CCOC(=O)c1ccc(N2CCCN(CCC(=O)Nc3ccc(C#N)cc3)CC2)nc1. The normalized spacial score (nSPS) is 14.4. The monoisotopic (exact) mass is 421 g/mol. The maximum atomic E-state index is 12.3. The van der Waals surface area contributed by atoms with Crippen molar-refractivity contribution in [1.29, 1.82) is 5.26 Å². The van der Waals surface area contributed by atoms with Crippen LogP contribution in [0.2, 0.25) is 0 Å². The van der Waals surface area contributed by atoms with Crippen LogP contribution in [0.5, 0.6) is 0 Å². The molecule has 0 atom stereocenters. The summed E-state index contributed by atoms with van der Waals surface area (Å²) >= 11 is 0. The van der Waals surface area contributed by atoms with Gasteiger partial charge in [0.05, 0.1) is 23.8 Å². The Balaban J connectivity index is 1.45. The molecule has 1 fully saturated rings. The second-order valence-corrected chi connectivity index (χ2v) is 7.30. The van der Waals surface area contributed by atoms with Crippen LogP contribution >= 0.6 is 0 Å². The third-order valence-electron chi connectivity index (χ3n) is 5.12. The number of nitrogens with one attached hydrogen (secondary N) is 1. The number of nitrogens with zero attached hydrogens (tertiary/aromatic N) is 4. The van der Waals surface area contributed by atoms with Gasteiger partial charge in [-0.15, -0.1) is 0 Å². The Bertz CT molecular complexity index is 922. The molecular weight excluding hydrogens is 394 g/mol. The van der Waals surface area contributed by atoms with Gasteiger partial charge in [0.1, 0.15) is 5.82 Å². The summed E-state index contributed by atoms with van der Waals surface area (Å²) in [7, 11) is 0. The van der Waals surface area contributed by atoms with Crippen molar-refractivity contribution in [3.63, 3.8) is 0 Å². The molecule has 1 aliphatic rings. The molecular formula is C23H27N5O3. The number of benzene rings is 1. The molecule has 0 aliphatic carbocycles. The third-order valence-corrected chi connectivity index (χ3v) is 5.12. The molecule has 0 bridgehead atoms. The maximum absolute atomic E-state index is 12.3. The minimum absolute atomic E-state index is 0.0398. The molecule has 3 rings (SSSR count). The molecule has 0 unspecified atom stereocenters. The number of nitriles is 1.